The second-order valence-corrected chi connectivity index (χ2v) is 6.20. The third-order valence-corrected chi connectivity index (χ3v) is 4.30. The molecule has 1 N–H and O–H groups in total. The Hall–Kier alpha value is -3.48. The first kappa shape index (κ1) is 16.0. The van der Waals surface area contributed by atoms with Crippen LogP contribution in [-0.2, 0) is 13.6 Å². The zero-order valence-corrected chi connectivity index (χ0v) is 14.5. The molecule has 0 unspecified atom stereocenters. The fourth-order valence-corrected chi connectivity index (χ4v) is 2.89. The van der Waals surface area contributed by atoms with Crippen molar-refractivity contribution in [3.63, 3.8) is 0 Å². The third-order valence-electron chi connectivity index (χ3n) is 4.30. The van der Waals surface area contributed by atoms with Gasteiger partial charge in [-0.3, -0.25) is 19.6 Å². The first-order valence-electron chi connectivity index (χ1n) is 8.25. The number of aromatic nitrogens is 5. The van der Waals surface area contributed by atoms with Gasteiger partial charge in [0.25, 0.3) is 5.91 Å². The summed E-state index contributed by atoms with van der Waals surface area (Å²) in [7, 11) is 3.59. The van der Waals surface area contributed by atoms with Crippen LogP contribution in [0.1, 0.15) is 16.1 Å². The maximum absolute atomic E-state index is 12.7. The van der Waals surface area contributed by atoms with Crippen LogP contribution in [0.4, 0.5) is 0 Å². The first-order chi connectivity index (χ1) is 12.6. The topological polar surface area (TPSA) is 79.7 Å². The van der Waals surface area contributed by atoms with Gasteiger partial charge in [0.1, 0.15) is 5.52 Å². The zero-order valence-electron chi connectivity index (χ0n) is 14.5. The Morgan fingerprint density at radius 3 is 2.81 bits per heavy atom. The zero-order chi connectivity index (χ0) is 18.1. The number of nitrogens with zero attached hydrogens (tertiary/aromatic N) is 5. The molecule has 0 atom stereocenters. The lowest BCUT2D eigenvalue weighted by atomic mass is 10.1. The molecule has 1 aromatic carbocycles. The van der Waals surface area contributed by atoms with Crippen LogP contribution in [-0.4, -0.2) is 42.8 Å². The van der Waals surface area contributed by atoms with Crippen molar-refractivity contribution in [3.05, 3.63) is 66.1 Å². The molecule has 3 heterocycles. The van der Waals surface area contributed by atoms with E-state index in [2.05, 4.69) is 20.3 Å². The van der Waals surface area contributed by atoms with Crippen molar-refractivity contribution >= 4 is 16.9 Å². The van der Waals surface area contributed by atoms with E-state index < -0.39 is 0 Å². The summed E-state index contributed by atoms with van der Waals surface area (Å²) in [4.78, 5) is 18.7. The highest BCUT2D eigenvalue weighted by molar-refractivity contribution is 5.96. The van der Waals surface area contributed by atoms with Crippen molar-refractivity contribution in [1.82, 2.24) is 29.9 Å². The molecule has 130 valence electrons. The standard InChI is InChI=1S/C19H18N6O/c1-24(12-15-9-16(23-22-15)13-6-4-3-5-7-13)19(26)14-8-18-17(20-10-14)11-21-25(18)2/h3-11H,12H2,1-2H3,(H,22,23). The van der Waals surface area contributed by atoms with E-state index in [9.17, 15) is 4.79 Å². The van der Waals surface area contributed by atoms with Crippen molar-refractivity contribution < 1.29 is 4.79 Å². The normalized spacial score (nSPS) is 11.0. The van der Waals surface area contributed by atoms with E-state index in [4.69, 9.17) is 0 Å². The molecule has 7 heteroatoms. The molecule has 7 nitrogen and oxygen atoms in total. The number of pyridine rings is 1. The van der Waals surface area contributed by atoms with Crippen molar-refractivity contribution in [2.45, 2.75) is 6.54 Å². The molecule has 0 radical (unpaired) electrons. The maximum Gasteiger partial charge on any atom is 0.255 e. The average molecular weight is 346 g/mol. The monoisotopic (exact) mass is 346 g/mol. The van der Waals surface area contributed by atoms with Gasteiger partial charge in [-0.2, -0.15) is 10.2 Å². The number of hydrogen-bond acceptors (Lipinski definition) is 4. The number of aryl methyl sites for hydroxylation is 1. The van der Waals surface area contributed by atoms with E-state index >= 15 is 0 Å². The molecule has 3 aromatic heterocycles. The van der Waals surface area contributed by atoms with Crippen molar-refractivity contribution in [1.29, 1.82) is 0 Å². The van der Waals surface area contributed by atoms with E-state index in [1.165, 1.54) is 0 Å². The minimum absolute atomic E-state index is 0.100. The third kappa shape index (κ3) is 2.95. The number of carbonyl (C=O) groups is 1. The van der Waals surface area contributed by atoms with Gasteiger partial charge in [0.15, 0.2) is 0 Å². The van der Waals surface area contributed by atoms with Gasteiger partial charge in [0, 0.05) is 25.9 Å². The summed E-state index contributed by atoms with van der Waals surface area (Å²) in [6.07, 6.45) is 3.27. The van der Waals surface area contributed by atoms with Gasteiger partial charge < -0.3 is 4.90 Å². The Bertz CT molecular complexity index is 1070. The van der Waals surface area contributed by atoms with E-state index in [0.29, 0.717) is 12.1 Å². The summed E-state index contributed by atoms with van der Waals surface area (Å²) in [6.45, 7) is 0.433. The van der Waals surface area contributed by atoms with E-state index in [1.807, 2.05) is 49.5 Å². The molecule has 0 aliphatic heterocycles. The Morgan fingerprint density at radius 2 is 2.00 bits per heavy atom. The van der Waals surface area contributed by atoms with Gasteiger partial charge >= 0.3 is 0 Å². The molecule has 0 aliphatic rings. The number of amides is 1. The van der Waals surface area contributed by atoms with Crippen LogP contribution < -0.4 is 0 Å². The summed E-state index contributed by atoms with van der Waals surface area (Å²) in [5.74, 6) is -0.100. The van der Waals surface area contributed by atoms with E-state index in [0.717, 1.165) is 28.0 Å². The lowest BCUT2D eigenvalue weighted by Gasteiger charge is -2.16. The van der Waals surface area contributed by atoms with Crippen molar-refractivity contribution in [2.75, 3.05) is 7.05 Å². The average Bonchev–Trinajstić information content (AvgIpc) is 3.28. The van der Waals surface area contributed by atoms with Crippen LogP contribution >= 0.6 is 0 Å². The molecule has 4 aromatic rings. The van der Waals surface area contributed by atoms with Crippen LogP contribution in [0.2, 0.25) is 0 Å². The fraction of sp³-hybridized carbons (Fsp3) is 0.158. The second-order valence-electron chi connectivity index (χ2n) is 6.20. The molecule has 1 amide bonds. The highest BCUT2D eigenvalue weighted by Gasteiger charge is 2.15. The Kier molecular flexibility index (Phi) is 3.96. The Labute approximate surface area is 150 Å². The van der Waals surface area contributed by atoms with Crippen LogP contribution in [0.15, 0.2) is 54.9 Å². The molecule has 0 saturated carbocycles. The second kappa shape index (κ2) is 6.44. The number of H-pyrrole nitrogens is 1. The molecule has 0 saturated heterocycles. The summed E-state index contributed by atoms with van der Waals surface area (Å²) >= 11 is 0. The lowest BCUT2D eigenvalue weighted by molar-refractivity contribution is 0.0783. The van der Waals surface area contributed by atoms with Crippen molar-refractivity contribution in [2.24, 2.45) is 7.05 Å². The Balaban J connectivity index is 1.52. The molecular formula is C19H18N6O. The van der Waals surface area contributed by atoms with Gasteiger partial charge in [0.05, 0.1) is 35.2 Å². The number of aromatic amines is 1. The summed E-state index contributed by atoms with van der Waals surface area (Å²) in [5, 5.41) is 11.5. The molecule has 0 bridgehead atoms. The number of carbonyl (C=O) groups excluding carboxylic acids is 1. The maximum atomic E-state index is 12.7. The predicted octanol–water partition coefficient (Wildman–Crippen LogP) is 2.63. The number of fused-ring (bicyclic) bond motifs is 1. The van der Waals surface area contributed by atoms with Gasteiger partial charge in [-0.05, 0) is 12.1 Å². The molecule has 4 rings (SSSR count). The lowest BCUT2D eigenvalue weighted by Crippen LogP contribution is -2.26. The first-order valence-corrected chi connectivity index (χ1v) is 8.25. The Morgan fingerprint density at radius 1 is 1.19 bits per heavy atom. The molecule has 0 spiro atoms. The molecule has 26 heavy (non-hydrogen) atoms. The van der Waals surface area contributed by atoms with Gasteiger partial charge in [0.2, 0.25) is 0 Å². The highest BCUT2D eigenvalue weighted by Crippen LogP contribution is 2.18. The summed E-state index contributed by atoms with van der Waals surface area (Å²) in [5.41, 5.74) is 4.90. The van der Waals surface area contributed by atoms with Crippen LogP contribution in [0, 0.1) is 0 Å². The van der Waals surface area contributed by atoms with Crippen LogP contribution in [0.3, 0.4) is 0 Å². The summed E-state index contributed by atoms with van der Waals surface area (Å²) < 4.78 is 1.71. The van der Waals surface area contributed by atoms with Gasteiger partial charge in [-0.15, -0.1) is 0 Å². The van der Waals surface area contributed by atoms with Crippen molar-refractivity contribution in [3.8, 4) is 11.3 Å². The smallest absolute Gasteiger partial charge is 0.255 e. The number of rotatable bonds is 4. The predicted molar refractivity (Wildman–Crippen MR) is 98.3 cm³/mol. The highest BCUT2D eigenvalue weighted by atomic mass is 16.2. The number of nitrogens with one attached hydrogen (secondary N) is 1. The molecule has 0 aliphatic carbocycles. The minimum Gasteiger partial charge on any atom is -0.336 e. The number of benzene rings is 1. The fourth-order valence-electron chi connectivity index (χ4n) is 2.89. The molecular weight excluding hydrogens is 328 g/mol. The van der Waals surface area contributed by atoms with E-state index in [1.54, 1.807) is 29.0 Å². The summed E-state index contributed by atoms with van der Waals surface area (Å²) in [6, 6.07) is 13.7. The largest absolute Gasteiger partial charge is 0.336 e. The van der Waals surface area contributed by atoms with Gasteiger partial charge in [-0.1, -0.05) is 30.3 Å². The number of hydrogen-bond donors (Lipinski definition) is 1. The van der Waals surface area contributed by atoms with E-state index in [-0.39, 0.29) is 5.91 Å². The SMILES string of the molecule is CN(Cc1cc(-c2ccccc2)n[nH]1)C(=O)c1cnc2cnn(C)c2c1. The van der Waals surface area contributed by atoms with Crippen LogP contribution in [0.25, 0.3) is 22.3 Å². The quantitative estimate of drug-likeness (QED) is 0.616. The molecule has 0 fully saturated rings. The van der Waals surface area contributed by atoms with Crippen LogP contribution in [0.5, 0.6) is 0 Å². The minimum atomic E-state index is -0.100. The van der Waals surface area contributed by atoms with Gasteiger partial charge in [-0.25, -0.2) is 0 Å².